The van der Waals surface area contributed by atoms with Crippen LogP contribution in [0.1, 0.15) is 43.9 Å². The third-order valence-corrected chi connectivity index (χ3v) is 10.4. The second-order valence-corrected chi connectivity index (χ2v) is 13.8. The lowest BCUT2D eigenvalue weighted by atomic mass is 10.0. The van der Waals surface area contributed by atoms with Gasteiger partial charge in [0.05, 0.1) is 20.6 Å². The van der Waals surface area contributed by atoms with E-state index in [9.17, 15) is 18.0 Å². The van der Waals surface area contributed by atoms with E-state index in [4.69, 9.17) is 23.2 Å². The number of anilines is 1. The number of amides is 2. The second-order valence-electron chi connectivity index (χ2n) is 11.1. The summed E-state index contributed by atoms with van der Waals surface area (Å²) in [6.45, 7) is 5.33. The summed E-state index contributed by atoms with van der Waals surface area (Å²) in [6.07, 6.45) is 1.68. The van der Waals surface area contributed by atoms with E-state index in [0.29, 0.717) is 27.7 Å². The first-order valence-corrected chi connectivity index (χ1v) is 17.5. The highest BCUT2D eigenvalue weighted by Gasteiger charge is 2.35. The molecule has 0 saturated heterocycles. The van der Waals surface area contributed by atoms with Gasteiger partial charge in [0.2, 0.25) is 11.8 Å². The molecule has 242 valence electrons. The third kappa shape index (κ3) is 8.90. The molecule has 1 N–H and O–H groups in total. The molecule has 0 heterocycles. The van der Waals surface area contributed by atoms with Crippen LogP contribution in [0, 0.1) is 0 Å². The molecule has 0 radical (unpaired) electrons. The minimum Gasteiger partial charge on any atom is -0.352 e. The lowest BCUT2D eigenvalue weighted by Crippen LogP contribution is -2.54. The average Bonchev–Trinajstić information content (AvgIpc) is 3.07. The standard InChI is InChI=1S/C36H39Cl2N3O4S/c1-4-26(3)39-36(43)34(23-28-12-8-6-9-13-28)40(24-29-18-21-32(37)33(38)22-29)35(42)25-41(30-19-16-27(5-2)17-20-30)46(44,45)31-14-10-7-11-15-31/h6-22,26,34H,4-5,23-25H2,1-3H3,(H,39,43)/t26-,34+/m0/s1. The van der Waals surface area contributed by atoms with Crippen LogP contribution in [0.15, 0.2) is 108 Å². The molecular weight excluding hydrogens is 641 g/mol. The number of hydrogen-bond donors (Lipinski definition) is 1. The fourth-order valence-corrected chi connectivity index (χ4v) is 6.73. The van der Waals surface area contributed by atoms with Crippen molar-refractivity contribution in [3.63, 3.8) is 0 Å². The Morgan fingerprint density at radius 2 is 1.39 bits per heavy atom. The van der Waals surface area contributed by atoms with E-state index in [1.54, 1.807) is 48.5 Å². The number of carbonyl (C=O) groups excluding carboxylic acids is 2. The molecule has 10 heteroatoms. The normalized spacial score (nSPS) is 12.6. The molecule has 0 aliphatic carbocycles. The lowest BCUT2D eigenvalue weighted by Gasteiger charge is -2.34. The monoisotopic (exact) mass is 679 g/mol. The zero-order valence-corrected chi connectivity index (χ0v) is 28.5. The lowest BCUT2D eigenvalue weighted by molar-refractivity contribution is -0.140. The van der Waals surface area contributed by atoms with Crippen molar-refractivity contribution in [2.45, 2.75) is 63.6 Å². The maximum atomic E-state index is 14.6. The SMILES string of the molecule is CCc1ccc(N(CC(=O)N(Cc2ccc(Cl)c(Cl)c2)[C@H](Cc2ccccc2)C(=O)N[C@@H](C)CC)S(=O)(=O)c2ccccc2)cc1. The van der Waals surface area contributed by atoms with Crippen LogP contribution >= 0.6 is 23.2 Å². The summed E-state index contributed by atoms with van der Waals surface area (Å²) in [5.41, 5.74) is 2.86. The Labute approximate surface area is 282 Å². The van der Waals surface area contributed by atoms with Crippen LogP contribution in [-0.2, 0) is 39.0 Å². The molecule has 7 nitrogen and oxygen atoms in total. The van der Waals surface area contributed by atoms with E-state index in [0.717, 1.165) is 21.9 Å². The number of nitrogens with one attached hydrogen (secondary N) is 1. The first-order valence-electron chi connectivity index (χ1n) is 15.3. The Bertz CT molecular complexity index is 1720. The number of halogens is 2. The van der Waals surface area contributed by atoms with Gasteiger partial charge >= 0.3 is 0 Å². The van der Waals surface area contributed by atoms with Gasteiger partial charge in [-0.2, -0.15) is 0 Å². The van der Waals surface area contributed by atoms with Gasteiger partial charge in [-0.1, -0.05) is 104 Å². The van der Waals surface area contributed by atoms with Crippen LogP contribution in [0.25, 0.3) is 0 Å². The van der Waals surface area contributed by atoms with E-state index >= 15 is 0 Å². The van der Waals surface area contributed by atoms with Crippen LogP contribution in [-0.4, -0.2) is 43.8 Å². The van der Waals surface area contributed by atoms with Crippen LogP contribution in [0.5, 0.6) is 0 Å². The number of sulfonamides is 1. The number of carbonyl (C=O) groups is 2. The smallest absolute Gasteiger partial charge is 0.264 e. The van der Waals surface area contributed by atoms with E-state index in [1.807, 2.05) is 63.2 Å². The summed E-state index contributed by atoms with van der Waals surface area (Å²) < 4.78 is 29.3. The van der Waals surface area contributed by atoms with Crippen LogP contribution in [0.4, 0.5) is 5.69 Å². The van der Waals surface area contributed by atoms with Crippen LogP contribution in [0.2, 0.25) is 10.0 Å². The predicted octanol–water partition coefficient (Wildman–Crippen LogP) is 7.31. The Morgan fingerprint density at radius 3 is 1.98 bits per heavy atom. The maximum Gasteiger partial charge on any atom is 0.264 e. The van der Waals surface area contributed by atoms with Gasteiger partial charge in [-0.25, -0.2) is 8.42 Å². The highest BCUT2D eigenvalue weighted by molar-refractivity contribution is 7.92. The molecule has 4 aromatic rings. The maximum absolute atomic E-state index is 14.6. The summed E-state index contributed by atoms with van der Waals surface area (Å²) in [6, 6.07) is 28.4. The fraction of sp³-hybridized carbons (Fsp3) is 0.278. The van der Waals surface area contributed by atoms with Gasteiger partial charge in [-0.05, 0) is 72.9 Å². The first-order chi connectivity index (χ1) is 22.0. The number of benzene rings is 4. The molecule has 2 amide bonds. The minimum absolute atomic E-state index is 0.00482. The molecule has 0 aromatic heterocycles. The predicted molar refractivity (Wildman–Crippen MR) is 186 cm³/mol. The first kappa shape index (κ1) is 35.0. The van der Waals surface area contributed by atoms with Crippen molar-refractivity contribution in [1.82, 2.24) is 10.2 Å². The Hall–Kier alpha value is -3.85. The molecule has 0 aliphatic heterocycles. The zero-order chi connectivity index (χ0) is 33.3. The summed E-state index contributed by atoms with van der Waals surface area (Å²) >= 11 is 12.5. The van der Waals surface area contributed by atoms with Gasteiger partial charge in [0.15, 0.2) is 0 Å². The molecule has 46 heavy (non-hydrogen) atoms. The molecular formula is C36H39Cl2N3O4S. The van der Waals surface area contributed by atoms with E-state index in [1.165, 1.54) is 17.0 Å². The average molecular weight is 681 g/mol. The van der Waals surface area contributed by atoms with Crippen molar-refractivity contribution in [2.75, 3.05) is 10.8 Å². The van der Waals surface area contributed by atoms with Crippen molar-refractivity contribution in [3.05, 3.63) is 130 Å². The molecule has 0 unspecified atom stereocenters. The van der Waals surface area contributed by atoms with Crippen LogP contribution < -0.4 is 9.62 Å². The van der Waals surface area contributed by atoms with Crippen molar-refractivity contribution in [1.29, 1.82) is 0 Å². The van der Waals surface area contributed by atoms with Crippen molar-refractivity contribution in [3.8, 4) is 0 Å². The van der Waals surface area contributed by atoms with Crippen molar-refractivity contribution in [2.24, 2.45) is 0 Å². The molecule has 0 bridgehead atoms. The summed E-state index contributed by atoms with van der Waals surface area (Å²) in [5, 5.41) is 3.69. The molecule has 2 atom stereocenters. The minimum atomic E-state index is -4.17. The largest absolute Gasteiger partial charge is 0.352 e. The van der Waals surface area contributed by atoms with Crippen LogP contribution in [0.3, 0.4) is 0 Å². The van der Waals surface area contributed by atoms with Gasteiger partial charge in [-0.3, -0.25) is 13.9 Å². The van der Waals surface area contributed by atoms with Gasteiger partial charge in [0.25, 0.3) is 10.0 Å². The quantitative estimate of drug-likeness (QED) is 0.151. The molecule has 0 aliphatic rings. The molecule has 4 aromatic carbocycles. The Balaban J connectivity index is 1.81. The Morgan fingerprint density at radius 1 is 0.783 bits per heavy atom. The van der Waals surface area contributed by atoms with E-state index in [2.05, 4.69) is 5.32 Å². The molecule has 4 rings (SSSR count). The summed E-state index contributed by atoms with van der Waals surface area (Å²) in [4.78, 5) is 30.0. The van der Waals surface area contributed by atoms with Gasteiger partial charge in [0, 0.05) is 19.0 Å². The number of rotatable bonds is 14. The highest BCUT2D eigenvalue weighted by Crippen LogP contribution is 2.27. The fourth-order valence-electron chi connectivity index (χ4n) is 4.98. The third-order valence-electron chi connectivity index (χ3n) is 7.85. The highest BCUT2D eigenvalue weighted by atomic mass is 35.5. The number of aryl methyl sites for hydroxylation is 1. The topological polar surface area (TPSA) is 86.8 Å². The molecule has 0 fully saturated rings. The van der Waals surface area contributed by atoms with Crippen molar-refractivity contribution >= 4 is 50.7 Å². The number of hydrogen-bond acceptors (Lipinski definition) is 4. The summed E-state index contributed by atoms with van der Waals surface area (Å²) in [5.74, 6) is -0.887. The molecule has 0 spiro atoms. The zero-order valence-electron chi connectivity index (χ0n) is 26.2. The summed E-state index contributed by atoms with van der Waals surface area (Å²) in [7, 11) is -4.17. The molecule has 0 saturated carbocycles. The van der Waals surface area contributed by atoms with E-state index < -0.39 is 28.5 Å². The van der Waals surface area contributed by atoms with Gasteiger partial charge < -0.3 is 10.2 Å². The van der Waals surface area contributed by atoms with Gasteiger partial charge in [0.1, 0.15) is 12.6 Å². The Kier molecular flexibility index (Phi) is 12.3. The number of nitrogens with zero attached hydrogens (tertiary/aromatic N) is 2. The van der Waals surface area contributed by atoms with E-state index in [-0.39, 0.29) is 29.8 Å². The van der Waals surface area contributed by atoms with Crippen molar-refractivity contribution < 1.29 is 18.0 Å². The second kappa shape index (κ2) is 16.1. The van der Waals surface area contributed by atoms with Gasteiger partial charge in [-0.15, -0.1) is 0 Å².